The first-order chi connectivity index (χ1) is 15.1. The molecule has 4 rings (SSSR count). The molecule has 0 saturated carbocycles. The minimum absolute atomic E-state index is 0.286. The van der Waals surface area contributed by atoms with E-state index < -0.39 is 11.4 Å². The molecule has 31 heavy (non-hydrogen) atoms. The molecule has 0 radical (unpaired) electrons. The van der Waals surface area contributed by atoms with Gasteiger partial charge in [-0.15, -0.1) is 0 Å². The highest BCUT2D eigenvalue weighted by molar-refractivity contribution is 5.81. The number of benzene rings is 1. The molecule has 3 aromatic rings. The Bertz CT molecular complexity index is 1090. The average molecular weight is 425 g/mol. The van der Waals surface area contributed by atoms with E-state index in [4.69, 9.17) is 5.11 Å². The third-order valence-electron chi connectivity index (χ3n) is 6.14. The maximum atomic E-state index is 13.8. The van der Waals surface area contributed by atoms with Gasteiger partial charge in [-0.3, -0.25) is 4.79 Å². The van der Waals surface area contributed by atoms with Gasteiger partial charge in [0.25, 0.3) is 5.56 Å². The van der Waals surface area contributed by atoms with Gasteiger partial charge >= 0.3 is 0 Å². The van der Waals surface area contributed by atoms with Crippen molar-refractivity contribution in [3.8, 4) is 0 Å². The van der Waals surface area contributed by atoms with Crippen LogP contribution < -0.4 is 15.8 Å². The van der Waals surface area contributed by atoms with Gasteiger partial charge in [0.15, 0.2) is 5.82 Å². The maximum Gasteiger partial charge on any atom is 0.287 e. The van der Waals surface area contributed by atoms with Crippen LogP contribution in [0, 0.1) is 11.7 Å². The Morgan fingerprint density at radius 3 is 2.61 bits per heavy atom. The Hall–Kier alpha value is -2.93. The molecule has 0 amide bonds. The predicted octanol–water partition coefficient (Wildman–Crippen LogP) is 4.29. The first kappa shape index (κ1) is 21.3. The molecule has 6 nitrogen and oxygen atoms in total. The first-order valence-electron chi connectivity index (χ1n) is 11.0. The van der Waals surface area contributed by atoms with E-state index in [0.29, 0.717) is 23.3 Å². The summed E-state index contributed by atoms with van der Waals surface area (Å²) < 4.78 is 15.2. The second-order valence-corrected chi connectivity index (χ2v) is 8.14. The molecule has 1 fully saturated rings. The Balaban J connectivity index is 1.45. The van der Waals surface area contributed by atoms with Crippen LogP contribution in [0.3, 0.4) is 0 Å². The maximum absolute atomic E-state index is 13.8. The first-order valence-corrected chi connectivity index (χ1v) is 11.0. The van der Waals surface area contributed by atoms with Crippen LogP contribution in [0.15, 0.2) is 47.4 Å². The summed E-state index contributed by atoms with van der Waals surface area (Å²) in [6.45, 7) is 4.58. The number of aliphatic hydroxyl groups is 1. The van der Waals surface area contributed by atoms with E-state index in [-0.39, 0.29) is 6.61 Å². The molecule has 3 heterocycles. The molecule has 1 aliphatic rings. The molecule has 1 saturated heterocycles. The summed E-state index contributed by atoms with van der Waals surface area (Å²) in [5, 5.41) is 12.9. The van der Waals surface area contributed by atoms with E-state index in [2.05, 4.69) is 27.3 Å². The summed E-state index contributed by atoms with van der Waals surface area (Å²) in [5.41, 5.74) is 2.15. The zero-order valence-corrected chi connectivity index (χ0v) is 17.9. The number of hydrogen-bond donors (Lipinski definition) is 2. The van der Waals surface area contributed by atoms with Crippen molar-refractivity contribution in [3.05, 3.63) is 58.8 Å². The van der Waals surface area contributed by atoms with E-state index in [9.17, 15) is 9.18 Å². The second-order valence-electron chi connectivity index (χ2n) is 8.14. The molecule has 0 spiro atoms. The summed E-state index contributed by atoms with van der Waals surface area (Å²) >= 11 is 0. The molecule has 2 N–H and O–H groups in total. The predicted molar refractivity (Wildman–Crippen MR) is 123 cm³/mol. The zero-order valence-electron chi connectivity index (χ0n) is 17.9. The second kappa shape index (κ2) is 9.47. The minimum Gasteiger partial charge on any atom is -0.396 e. The highest BCUT2D eigenvalue weighted by Gasteiger charge is 2.19. The molecule has 2 aromatic heterocycles. The Kier molecular flexibility index (Phi) is 6.51. The summed E-state index contributed by atoms with van der Waals surface area (Å²) in [6, 6.07) is 11.3. The van der Waals surface area contributed by atoms with Gasteiger partial charge in [0, 0.05) is 55.3 Å². The van der Waals surface area contributed by atoms with Crippen molar-refractivity contribution in [2.45, 2.75) is 39.2 Å². The number of pyridine rings is 2. The Labute approximate surface area is 181 Å². The normalized spacial score (nSPS) is 14.9. The van der Waals surface area contributed by atoms with Gasteiger partial charge < -0.3 is 19.9 Å². The van der Waals surface area contributed by atoms with Crippen LogP contribution in [-0.2, 0) is 6.54 Å². The number of fused-ring (bicyclic) bond motifs is 1. The molecule has 7 heteroatoms. The van der Waals surface area contributed by atoms with Gasteiger partial charge in [-0.25, -0.2) is 9.37 Å². The fourth-order valence-electron chi connectivity index (χ4n) is 4.38. The third-order valence-corrected chi connectivity index (χ3v) is 6.14. The summed E-state index contributed by atoms with van der Waals surface area (Å²) in [5.74, 6) is 0.570. The smallest absolute Gasteiger partial charge is 0.287 e. The number of rotatable bonds is 7. The number of aromatic nitrogens is 2. The van der Waals surface area contributed by atoms with Crippen molar-refractivity contribution in [2.75, 3.05) is 29.9 Å². The van der Waals surface area contributed by atoms with Crippen LogP contribution in [0.4, 0.5) is 21.6 Å². The highest BCUT2D eigenvalue weighted by Crippen LogP contribution is 2.28. The van der Waals surface area contributed by atoms with Crippen molar-refractivity contribution in [1.29, 1.82) is 0 Å². The SMILES string of the molecule is CCn1c(=O)c(F)cc2cnc(Nc3ccc(N4CCC(CCCO)CC4)cc3)cc21. The Morgan fingerprint density at radius 2 is 1.94 bits per heavy atom. The number of aliphatic hydroxyl groups excluding tert-OH is 1. The minimum atomic E-state index is -0.759. The van der Waals surface area contributed by atoms with Crippen LogP contribution in [-0.4, -0.2) is 34.4 Å². The van der Waals surface area contributed by atoms with Gasteiger partial charge in [-0.2, -0.15) is 0 Å². The number of nitrogens with one attached hydrogen (secondary N) is 1. The topological polar surface area (TPSA) is 70.4 Å². The zero-order chi connectivity index (χ0) is 21.8. The fourth-order valence-corrected chi connectivity index (χ4v) is 4.38. The van der Waals surface area contributed by atoms with Crippen molar-refractivity contribution < 1.29 is 9.50 Å². The average Bonchev–Trinajstić information content (AvgIpc) is 2.80. The van der Waals surface area contributed by atoms with Crippen molar-refractivity contribution >= 4 is 28.1 Å². The number of piperidine rings is 1. The number of hydrogen-bond acceptors (Lipinski definition) is 5. The van der Waals surface area contributed by atoms with Gasteiger partial charge in [0.1, 0.15) is 5.82 Å². The lowest BCUT2D eigenvalue weighted by Crippen LogP contribution is -2.33. The van der Waals surface area contributed by atoms with Gasteiger partial charge in [-0.05, 0) is 68.9 Å². The van der Waals surface area contributed by atoms with Crippen molar-refractivity contribution in [2.24, 2.45) is 5.92 Å². The standard InChI is InChI=1S/C24H29FN4O2/c1-2-29-22-15-23(26-16-18(22)14-21(25)24(29)31)27-19-5-7-20(8-6-19)28-11-9-17(10-12-28)4-3-13-30/h5-8,14-17,30H,2-4,9-13H2,1H3,(H,26,27). The van der Waals surface area contributed by atoms with E-state index in [0.717, 1.165) is 37.5 Å². The van der Waals surface area contributed by atoms with Crippen molar-refractivity contribution in [3.63, 3.8) is 0 Å². The fraction of sp³-hybridized carbons (Fsp3) is 0.417. The molecular weight excluding hydrogens is 395 g/mol. The van der Waals surface area contributed by atoms with Crippen molar-refractivity contribution in [1.82, 2.24) is 9.55 Å². The van der Waals surface area contributed by atoms with Crippen LogP contribution >= 0.6 is 0 Å². The van der Waals surface area contributed by atoms with Crippen LogP contribution in [0.5, 0.6) is 0 Å². The van der Waals surface area contributed by atoms with Gasteiger partial charge in [-0.1, -0.05) is 0 Å². The molecule has 1 aliphatic heterocycles. The van der Waals surface area contributed by atoms with E-state index in [1.807, 2.05) is 19.1 Å². The van der Waals surface area contributed by atoms with E-state index in [1.165, 1.54) is 29.2 Å². The van der Waals surface area contributed by atoms with Gasteiger partial charge in [0.05, 0.1) is 5.52 Å². The Morgan fingerprint density at radius 1 is 1.19 bits per heavy atom. The lowest BCUT2D eigenvalue weighted by Gasteiger charge is -2.33. The number of aryl methyl sites for hydroxylation is 1. The highest BCUT2D eigenvalue weighted by atomic mass is 19.1. The number of nitrogens with zero attached hydrogens (tertiary/aromatic N) is 3. The molecule has 1 aromatic carbocycles. The molecular formula is C24H29FN4O2. The molecule has 0 bridgehead atoms. The third kappa shape index (κ3) is 4.71. The van der Waals surface area contributed by atoms with Gasteiger partial charge in [0.2, 0.25) is 0 Å². The molecule has 0 unspecified atom stereocenters. The van der Waals surface area contributed by atoms with Crippen LogP contribution in [0.2, 0.25) is 0 Å². The number of halogens is 1. The molecule has 0 atom stereocenters. The monoisotopic (exact) mass is 424 g/mol. The van der Waals surface area contributed by atoms with Crippen LogP contribution in [0.1, 0.15) is 32.6 Å². The molecule has 164 valence electrons. The summed E-state index contributed by atoms with van der Waals surface area (Å²) in [4.78, 5) is 18.9. The largest absolute Gasteiger partial charge is 0.396 e. The number of anilines is 3. The lowest BCUT2D eigenvalue weighted by atomic mass is 9.92. The summed E-state index contributed by atoms with van der Waals surface area (Å²) in [7, 11) is 0. The summed E-state index contributed by atoms with van der Waals surface area (Å²) in [6.07, 6.45) is 5.94. The molecule has 0 aliphatic carbocycles. The lowest BCUT2D eigenvalue weighted by molar-refractivity contribution is 0.261. The van der Waals surface area contributed by atoms with E-state index >= 15 is 0 Å². The van der Waals surface area contributed by atoms with E-state index in [1.54, 1.807) is 12.3 Å². The quantitative estimate of drug-likeness (QED) is 0.592. The van der Waals surface area contributed by atoms with Crippen LogP contribution in [0.25, 0.3) is 10.9 Å².